The summed E-state index contributed by atoms with van der Waals surface area (Å²) in [7, 11) is 1.64. The molecule has 0 heterocycles. The van der Waals surface area contributed by atoms with Gasteiger partial charge in [-0.25, -0.2) is 0 Å². The van der Waals surface area contributed by atoms with Crippen molar-refractivity contribution >= 4 is 17.6 Å². The molecule has 1 saturated carbocycles. The molecule has 0 spiro atoms. The van der Waals surface area contributed by atoms with Crippen LogP contribution in [0.5, 0.6) is 5.75 Å². The number of aliphatic carboxylic acids is 1. The van der Waals surface area contributed by atoms with Crippen LogP contribution in [0.2, 0.25) is 5.02 Å². The van der Waals surface area contributed by atoms with Crippen LogP contribution in [-0.2, 0) is 11.2 Å². The summed E-state index contributed by atoms with van der Waals surface area (Å²) in [4.78, 5) is 11.1. The molecule has 1 N–H and O–H groups in total. The molecule has 3 nitrogen and oxygen atoms in total. The van der Waals surface area contributed by atoms with Gasteiger partial charge in [-0.3, -0.25) is 4.79 Å². The number of halogens is 1. The Morgan fingerprint density at radius 3 is 2.68 bits per heavy atom. The summed E-state index contributed by atoms with van der Waals surface area (Å²) in [6.45, 7) is 2.04. The van der Waals surface area contributed by atoms with Gasteiger partial charge in [-0.1, -0.05) is 18.5 Å². The summed E-state index contributed by atoms with van der Waals surface area (Å²) in [5, 5.41) is 9.76. The minimum atomic E-state index is -0.767. The molecule has 104 valence electrons. The van der Waals surface area contributed by atoms with Crippen molar-refractivity contribution in [1.29, 1.82) is 0 Å². The highest BCUT2D eigenvalue weighted by atomic mass is 35.5. The summed E-state index contributed by atoms with van der Waals surface area (Å²) in [5.41, 5.74) is 2.00. The zero-order valence-corrected chi connectivity index (χ0v) is 12.0. The second-order valence-corrected chi connectivity index (χ2v) is 5.52. The van der Waals surface area contributed by atoms with Gasteiger partial charge in [0.05, 0.1) is 13.5 Å². The van der Waals surface area contributed by atoms with Gasteiger partial charge < -0.3 is 9.84 Å². The molecule has 1 aromatic rings. The number of benzene rings is 1. The lowest BCUT2D eigenvalue weighted by Gasteiger charge is -2.20. The van der Waals surface area contributed by atoms with E-state index in [2.05, 4.69) is 0 Å². The predicted octanol–water partition coefficient (Wildman–Crippen LogP) is 3.88. The molecule has 1 aliphatic rings. The highest BCUT2D eigenvalue weighted by molar-refractivity contribution is 6.30. The molecule has 19 heavy (non-hydrogen) atoms. The molecule has 0 radical (unpaired) electrons. The first-order chi connectivity index (χ1) is 9.06. The number of methoxy groups -OCH3 is 1. The molecule has 0 aliphatic heterocycles. The Labute approximate surface area is 118 Å². The number of ether oxygens (including phenoxy) is 1. The summed E-state index contributed by atoms with van der Waals surface area (Å²) in [6.07, 6.45) is 3.15. The van der Waals surface area contributed by atoms with Gasteiger partial charge in [0.25, 0.3) is 0 Å². The lowest BCUT2D eigenvalue weighted by molar-refractivity contribution is -0.137. The van der Waals surface area contributed by atoms with Crippen LogP contribution in [0.1, 0.15) is 43.2 Å². The highest BCUT2D eigenvalue weighted by Gasteiger charge is 2.35. The summed E-state index contributed by atoms with van der Waals surface area (Å²) < 4.78 is 5.51. The van der Waals surface area contributed by atoms with Crippen molar-refractivity contribution in [3.05, 3.63) is 28.3 Å². The molecule has 4 heteroatoms. The van der Waals surface area contributed by atoms with Gasteiger partial charge in [0.1, 0.15) is 5.75 Å². The van der Waals surface area contributed by atoms with Crippen molar-refractivity contribution in [1.82, 2.24) is 0 Å². The average Bonchev–Trinajstić information content (AvgIpc) is 3.18. The SMILES string of the molecule is CCc1cc(Cl)cc(C(CC(=O)O)C2CC2)c1OC. The van der Waals surface area contributed by atoms with E-state index < -0.39 is 5.97 Å². The maximum absolute atomic E-state index is 11.1. The maximum Gasteiger partial charge on any atom is 0.303 e. The third kappa shape index (κ3) is 3.21. The smallest absolute Gasteiger partial charge is 0.303 e. The first kappa shape index (κ1) is 14.2. The third-order valence-electron chi connectivity index (χ3n) is 3.73. The topological polar surface area (TPSA) is 46.5 Å². The number of rotatable bonds is 6. The van der Waals surface area contributed by atoms with E-state index in [1.165, 1.54) is 0 Å². The van der Waals surface area contributed by atoms with Gasteiger partial charge in [-0.05, 0) is 48.4 Å². The zero-order chi connectivity index (χ0) is 14.0. The van der Waals surface area contributed by atoms with Crippen LogP contribution in [-0.4, -0.2) is 18.2 Å². The fraction of sp³-hybridized carbons (Fsp3) is 0.533. The molecule has 0 saturated heterocycles. The Kier molecular flexibility index (Phi) is 4.35. The monoisotopic (exact) mass is 282 g/mol. The van der Waals surface area contributed by atoms with Crippen LogP contribution >= 0.6 is 11.6 Å². The summed E-state index contributed by atoms with van der Waals surface area (Å²) >= 11 is 6.16. The average molecular weight is 283 g/mol. The molecule has 1 unspecified atom stereocenters. The molecule has 1 atom stereocenters. The summed E-state index contributed by atoms with van der Waals surface area (Å²) in [5.74, 6) is 0.506. The van der Waals surface area contributed by atoms with E-state index in [4.69, 9.17) is 21.4 Å². The largest absolute Gasteiger partial charge is 0.496 e. The highest BCUT2D eigenvalue weighted by Crippen LogP contribution is 2.48. The minimum Gasteiger partial charge on any atom is -0.496 e. The molecule has 1 fully saturated rings. The van der Waals surface area contributed by atoms with Crippen LogP contribution in [0.3, 0.4) is 0 Å². The Morgan fingerprint density at radius 2 is 2.21 bits per heavy atom. The Balaban J connectivity index is 2.45. The summed E-state index contributed by atoms with van der Waals surface area (Å²) in [6, 6.07) is 3.76. The van der Waals surface area contributed by atoms with Gasteiger partial charge in [-0.2, -0.15) is 0 Å². The Morgan fingerprint density at radius 1 is 1.53 bits per heavy atom. The van der Waals surface area contributed by atoms with Crippen molar-refractivity contribution in [2.45, 2.75) is 38.5 Å². The molecule has 1 aromatic carbocycles. The fourth-order valence-electron chi connectivity index (χ4n) is 2.68. The molecule has 0 amide bonds. The van der Waals surface area contributed by atoms with Gasteiger partial charge in [0.2, 0.25) is 0 Å². The van der Waals surface area contributed by atoms with Crippen molar-refractivity contribution in [3.63, 3.8) is 0 Å². The number of carboxylic acid groups (broad SMARTS) is 1. The van der Waals surface area contributed by atoms with E-state index in [0.29, 0.717) is 10.9 Å². The predicted molar refractivity (Wildman–Crippen MR) is 75.1 cm³/mol. The molecular weight excluding hydrogens is 264 g/mol. The second-order valence-electron chi connectivity index (χ2n) is 5.08. The van der Waals surface area contributed by atoms with Crippen LogP contribution in [0.25, 0.3) is 0 Å². The van der Waals surface area contributed by atoms with Gasteiger partial charge >= 0.3 is 5.97 Å². The van der Waals surface area contributed by atoms with E-state index in [9.17, 15) is 4.79 Å². The first-order valence-electron chi connectivity index (χ1n) is 6.64. The van der Waals surface area contributed by atoms with Crippen molar-refractivity contribution in [2.75, 3.05) is 7.11 Å². The molecule has 0 aromatic heterocycles. The first-order valence-corrected chi connectivity index (χ1v) is 7.02. The fourth-order valence-corrected chi connectivity index (χ4v) is 2.93. The van der Waals surface area contributed by atoms with E-state index >= 15 is 0 Å². The molecule has 1 aliphatic carbocycles. The molecular formula is C15H19ClO3. The second kappa shape index (κ2) is 5.83. The van der Waals surface area contributed by atoms with Crippen LogP contribution < -0.4 is 4.74 Å². The number of carboxylic acids is 1. The van der Waals surface area contributed by atoms with Crippen molar-refractivity contribution in [3.8, 4) is 5.75 Å². The normalized spacial score (nSPS) is 16.2. The lowest BCUT2D eigenvalue weighted by Crippen LogP contribution is -2.10. The number of carbonyl (C=O) groups is 1. The maximum atomic E-state index is 11.1. The van der Waals surface area contributed by atoms with E-state index in [0.717, 1.165) is 36.1 Å². The standard InChI is InChI=1S/C15H19ClO3/c1-3-9-6-11(16)7-13(15(9)19-2)12(8-14(17)18)10-4-5-10/h6-7,10,12H,3-5,8H2,1-2H3,(H,17,18). The van der Waals surface area contributed by atoms with Crippen LogP contribution in [0, 0.1) is 5.92 Å². The number of hydrogen-bond acceptors (Lipinski definition) is 2. The van der Waals surface area contributed by atoms with E-state index in [1.807, 2.05) is 19.1 Å². The zero-order valence-electron chi connectivity index (χ0n) is 11.3. The number of hydrogen-bond donors (Lipinski definition) is 1. The van der Waals surface area contributed by atoms with Crippen LogP contribution in [0.4, 0.5) is 0 Å². The Hall–Kier alpha value is -1.22. The third-order valence-corrected chi connectivity index (χ3v) is 3.95. The Bertz CT molecular complexity index is 481. The van der Waals surface area contributed by atoms with Gasteiger partial charge in [-0.15, -0.1) is 0 Å². The van der Waals surface area contributed by atoms with Crippen molar-refractivity contribution < 1.29 is 14.6 Å². The molecule has 2 rings (SSSR count). The molecule has 0 bridgehead atoms. The quantitative estimate of drug-likeness (QED) is 0.861. The van der Waals surface area contributed by atoms with E-state index in [-0.39, 0.29) is 12.3 Å². The van der Waals surface area contributed by atoms with E-state index in [1.54, 1.807) is 7.11 Å². The lowest BCUT2D eigenvalue weighted by atomic mass is 9.88. The van der Waals surface area contributed by atoms with Crippen molar-refractivity contribution in [2.24, 2.45) is 5.92 Å². The number of aryl methyl sites for hydroxylation is 1. The minimum absolute atomic E-state index is 0.0106. The van der Waals surface area contributed by atoms with Gasteiger partial charge in [0.15, 0.2) is 0 Å². The van der Waals surface area contributed by atoms with Crippen LogP contribution in [0.15, 0.2) is 12.1 Å². The van der Waals surface area contributed by atoms with Gasteiger partial charge in [0, 0.05) is 10.9 Å².